The molecule has 0 unspecified atom stereocenters. The van der Waals surface area contributed by atoms with Crippen LogP contribution in [0.3, 0.4) is 0 Å². The quantitative estimate of drug-likeness (QED) is 0.150. The Morgan fingerprint density at radius 2 is 0.616 bits per heavy atom. The Morgan fingerprint density at radius 1 is 0.301 bits per heavy atom. The maximum absolute atomic E-state index is 7.72. The molecule has 9 aromatic carbocycles. The van der Waals surface area contributed by atoms with Gasteiger partial charge in [0.1, 0.15) is 40.1 Å². The van der Waals surface area contributed by atoms with E-state index in [-0.39, 0.29) is 6.71 Å². The maximum Gasteiger partial charge on any atom is 0.270 e. The van der Waals surface area contributed by atoms with Crippen molar-refractivity contribution in [2.45, 2.75) is 79.1 Å². The highest BCUT2D eigenvalue weighted by Gasteiger charge is 2.50. The molecule has 0 radical (unpaired) electrons. The van der Waals surface area contributed by atoms with Crippen molar-refractivity contribution in [3.8, 4) is 51.6 Å². The topological polar surface area (TPSA) is 42.5 Å². The third kappa shape index (κ3) is 5.76. The SMILES string of the molecule is CC(C)c1ccc2c(c1)c1cc(C(C)C)ccc1n2-c1c2c3c(c(-n4c5ccc(C(C)C)cc5c5cc(C(C)C)ccc54)c1-n1c4ccccc4c4ccccc41)Oc1cccc4c1B3c1c(cccc1O2)O4. The Kier molecular flexibility index (Phi) is 8.85. The highest BCUT2D eigenvalue weighted by Crippen LogP contribution is 2.54. The molecular formula is C66H54BN3O3. The number of benzene rings is 9. The number of aromatic nitrogens is 3. The fourth-order valence-electron chi connectivity index (χ4n) is 12.7. The largest absolute Gasteiger partial charge is 0.458 e. The van der Waals surface area contributed by atoms with Gasteiger partial charge in [-0.1, -0.05) is 128 Å². The monoisotopic (exact) mass is 947 g/mol. The van der Waals surface area contributed by atoms with Gasteiger partial charge < -0.3 is 27.9 Å². The van der Waals surface area contributed by atoms with E-state index in [4.69, 9.17) is 14.2 Å². The number of ether oxygens (including phenoxy) is 3. The first kappa shape index (κ1) is 42.5. The van der Waals surface area contributed by atoms with E-state index in [1.807, 2.05) is 0 Å². The number of fused-ring (bicyclic) bond motifs is 9. The van der Waals surface area contributed by atoms with Gasteiger partial charge in [-0.15, -0.1) is 0 Å². The van der Waals surface area contributed by atoms with E-state index in [1.165, 1.54) is 54.6 Å². The van der Waals surface area contributed by atoms with Gasteiger partial charge in [-0.05, 0) is 131 Å². The van der Waals surface area contributed by atoms with Gasteiger partial charge in [0, 0.05) is 48.7 Å². The summed E-state index contributed by atoms with van der Waals surface area (Å²) in [6.07, 6.45) is 0. The van der Waals surface area contributed by atoms with Crippen LogP contribution in [-0.2, 0) is 0 Å². The molecule has 0 atom stereocenters. The normalized spacial score (nSPS) is 13.5. The Hall–Kier alpha value is -8.16. The Labute approximate surface area is 425 Å². The molecule has 7 heteroatoms. The lowest BCUT2D eigenvalue weighted by Gasteiger charge is -2.40. The second-order valence-electron chi connectivity index (χ2n) is 22.0. The van der Waals surface area contributed by atoms with Crippen LogP contribution in [0.5, 0.6) is 34.5 Å². The van der Waals surface area contributed by atoms with E-state index in [0.29, 0.717) is 23.7 Å². The summed E-state index contributed by atoms with van der Waals surface area (Å²) in [6.45, 7) is 18.1. The second-order valence-corrected chi connectivity index (χ2v) is 22.0. The molecule has 0 spiro atoms. The molecule has 0 saturated heterocycles. The molecule has 0 bridgehead atoms. The first-order chi connectivity index (χ1) is 35.5. The molecule has 6 heterocycles. The smallest absolute Gasteiger partial charge is 0.270 e. The van der Waals surface area contributed by atoms with Gasteiger partial charge in [-0.25, -0.2) is 0 Å². The third-order valence-electron chi connectivity index (χ3n) is 16.5. The van der Waals surface area contributed by atoms with Gasteiger partial charge in [0.15, 0.2) is 11.5 Å². The van der Waals surface area contributed by atoms with Crippen molar-refractivity contribution in [1.29, 1.82) is 0 Å². The molecule has 3 aliphatic heterocycles. The van der Waals surface area contributed by atoms with E-state index in [0.717, 1.165) is 101 Å². The van der Waals surface area contributed by atoms with Crippen LogP contribution >= 0.6 is 0 Å². The second kappa shape index (κ2) is 15.2. The fraction of sp³-hybridized carbons (Fsp3) is 0.182. The summed E-state index contributed by atoms with van der Waals surface area (Å²) in [5.74, 6) is 6.11. The lowest BCUT2D eigenvalue weighted by atomic mass is 9.33. The Balaban J connectivity index is 1.24. The number of nitrogens with zero attached hydrogens (tertiary/aromatic N) is 3. The summed E-state index contributed by atoms with van der Waals surface area (Å²) in [4.78, 5) is 0. The summed E-state index contributed by atoms with van der Waals surface area (Å²) in [5.41, 5.74) is 17.8. The molecule has 3 aliphatic rings. The third-order valence-corrected chi connectivity index (χ3v) is 16.5. The Bertz CT molecular complexity index is 3990. The zero-order chi connectivity index (χ0) is 49.3. The van der Waals surface area contributed by atoms with Crippen LogP contribution in [0.2, 0.25) is 0 Å². The van der Waals surface area contributed by atoms with Crippen molar-refractivity contribution in [3.05, 3.63) is 180 Å². The number of rotatable bonds is 7. The van der Waals surface area contributed by atoms with Gasteiger partial charge in [-0.3, -0.25) is 0 Å². The van der Waals surface area contributed by atoms with Crippen molar-refractivity contribution in [2.24, 2.45) is 0 Å². The molecule has 0 aliphatic carbocycles. The molecule has 0 fully saturated rings. The van der Waals surface area contributed by atoms with Crippen LogP contribution in [0.25, 0.3) is 82.5 Å². The van der Waals surface area contributed by atoms with Crippen molar-refractivity contribution < 1.29 is 14.2 Å². The molecule has 354 valence electrons. The first-order valence-electron chi connectivity index (χ1n) is 26.2. The van der Waals surface area contributed by atoms with E-state index in [9.17, 15) is 0 Å². The molecule has 0 amide bonds. The zero-order valence-electron chi connectivity index (χ0n) is 42.5. The van der Waals surface area contributed by atoms with E-state index >= 15 is 0 Å². The van der Waals surface area contributed by atoms with Crippen LogP contribution < -0.4 is 30.6 Å². The van der Waals surface area contributed by atoms with Gasteiger partial charge >= 0.3 is 0 Å². The molecule has 6 nitrogen and oxygen atoms in total. The highest BCUT2D eigenvalue weighted by atomic mass is 16.5. The van der Waals surface area contributed by atoms with Crippen LogP contribution in [0.4, 0.5) is 0 Å². The summed E-state index contributed by atoms with van der Waals surface area (Å²) < 4.78 is 29.8. The number of hydrogen-bond acceptors (Lipinski definition) is 3. The summed E-state index contributed by atoms with van der Waals surface area (Å²) in [5, 5.41) is 7.22. The molecule has 12 aromatic rings. The molecule has 0 N–H and O–H groups in total. The Morgan fingerprint density at radius 3 is 0.973 bits per heavy atom. The van der Waals surface area contributed by atoms with E-state index in [2.05, 4.69) is 227 Å². The van der Waals surface area contributed by atoms with Gasteiger partial charge in [0.25, 0.3) is 6.71 Å². The molecule has 15 rings (SSSR count). The average Bonchev–Trinajstić information content (AvgIpc) is 4.03. The molecular weight excluding hydrogens is 894 g/mol. The van der Waals surface area contributed by atoms with Crippen molar-refractivity contribution >= 4 is 88.5 Å². The van der Waals surface area contributed by atoms with Crippen LogP contribution in [0.15, 0.2) is 158 Å². The first-order valence-corrected chi connectivity index (χ1v) is 26.2. The van der Waals surface area contributed by atoms with Gasteiger partial charge in [0.05, 0.1) is 33.1 Å². The van der Waals surface area contributed by atoms with Crippen LogP contribution in [0, 0.1) is 0 Å². The summed E-state index contributed by atoms with van der Waals surface area (Å²) in [6, 6.07) is 58.8. The van der Waals surface area contributed by atoms with E-state index in [1.54, 1.807) is 0 Å². The molecule has 3 aromatic heterocycles. The van der Waals surface area contributed by atoms with Gasteiger partial charge in [0.2, 0.25) is 0 Å². The number of hydrogen-bond donors (Lipinski definition) is 0. The predicted octanol–water partition coefficient (Wildman–Crippen LogP) is 16.3. The predicted molar refractivity (Wildman–Crippen MR) is 304 cm³/mol. The minimum absolute atomic E-state index is 0.246. The minimum atomic E-state index is -0.246. The van der Waals surface area contributed by atoms with Crippen LogP contribution in [-0.4, -0.2) is 20.4 Å². The van der Waals surface area contributed by atoms with E-state index < -0.39 is 0 Å². The lowest BCUT2D eigenvalue weighted by molar-refractivity contribution is 0.441. The van der Waals surface area contributed by atoms with Crippen molar-refractivity contribution in [1.82, 2.24) is 13.7 Å². The summed E-state index contributed by atoms with van der Waals surface area (Å²) >= 11 is 0. The average molecular weight is 948 g/mol. The lowest BCUT2D eigenvalue weighted by Crippen LogP contribution is -2.60. The van der Waals surface area contributed by atoms with Crippen molar-refractivity contribution in [2.75, 3.05) is 0 Å². The fourth-order valence-corrected chi connectivity index (χ4v) is 12.7. The molecule has 73 heavy (non-hydrogen) atoms. The standard InChI is InChI=1S/C66H54BN3O3/c1-35(2)39-23-27-51-45(31-39)46-32-40(36(3)4)24-28-52(46)69(51)63-62(68-49-17-11-9-15-43(49)44-16-10-12-18-50(44)68)64(70-53-29-25-41(37(5)6)33-47(53)48-34-42(38(7)8)26-30-54(48)70)66-61-65(63)72-57-21-13-19-55-59(57)67(61)60-56(71-55)20-14-22-58(60)73-66/h9-38H,1-8H3. The van der Waals surface area contributed by atoms with Gasteiger partial charge in [-0.2, -0.15) is 0 Å². The summed E-state index contributed by atoms with van der Waals surface area (Å²) in [7, 11) is 0. The van der Waals surface area contributed by atoms with Crippen LogP contribution in [0.1, 0.15) is 101 Å². The number of para-hydroxylation sites is 2. The van der Waals surface area contributed by atoms with Crippen molar-refractivity contribution in [3.63, 3.8) is 0 Å². The molecule has 0 saturated carbocycles. The highest BCUT2D eigenvalue weighted by molar-refractivity contribution is 6.99. The minimum Gasteiger partial charge on any atom is -0.458 e. The maximum atomic E-state index is 7.72. The zero-order valence-corrected chi connectivity index (χ0v) is 42.5.